The van der Waals surface area contributed by atoms with Crippen LogP contribution in [0, 0.1) is 11.6 Å². The number of aliphatic hydroxyl groups is 1. The Balaban J connectivity index is 2.36. The molecule has 112 valence electrons. The Morgan fingerprint density at radius 1 is 1.14 bits per heavy atom. The maximum absolute atomic E-state index is 13.6. The van der Waals surface area contributed by atoms with Crippen molar-refractivity contribution in [3.63, 3.8) is 0 Å². The van der Waals surface area contributed by atoms with Crippen LogP contribution >= 0.6 is 15.9 Å². The average molecular weight is 357 g/mol. The molecule has 0 amide bonds. The number of aliphatic hydroxyl groups excluding tert-OH is 1. The molecule has 0 aliphatic carbocycles. The first-order chi connectivity index (χ1) is 9.90. The maximum Gasteiger partial charge on any atom is 0.173 e. The van der Waals surface area contributed by atoms with Gasteiger partial charge >= 0.3 is 0 Å². The van der Waals surface area contributed by atoms with Crippen LogP contribution in [0.5, 0.6) is 5.75 Å². The van der Waals surface area contributed by atoms with E-state index in [2.05, 4.69) is 15.9 Å². The Kier molecular flexibility index (Phi) is 4.96. The molecule has 0 saturated heterocycles. The van der Waals surface area contributed by atoms with E-state index in [0.717, 1.165) is 6.07 Å². The predicted octanol–water partition coefficient (Wildman–Crippen LogP) is 4.60. The van der Waals surface area contributed by atoms with Crippen molar-refractivity contribution in [1.82, 2.24) is 0 Å². The van der Waals surface area contributed by atoms with Crippen LogP contribution in [0.25, 0.3) is 0 Å². The third-order valence-corrected chi connectivity index (χ3v) is 3.71. The number of halogens is 3. The molecule has 2 rings (SSSR count). The molecule has 1 unspecified atom stereocenters. The normalized spacial score (nSPS) is 12.5. The Bertz CT molecular complexity index is 644. The molecule has 0 spiro atoms. The van der Waals surface area contributed by atoms with Crippen LogP contribution in [0.15, 0.2) is 40.9 Å². The molecule has 0 saturated carbocycles. The lowest BCUT2D eigenvalue weighted by molar-refractivity contribution is 0.215. The Morgan fingerprint density at radius 3 is 2.52 bits per heavy atom. The first-order valence-corrected chi connectivity index (χ1v) is 7.27. The molecule has 0 radical (unpaired) electrons. The molecular formula is C16H15BrF2O2. The summed E-state index contributed by atoms with van der Waals surface area (Å²) in [5.74, 6) is -1.36. The topological polar surface area (TPSA) is 29.5 Å². The van der Waals surface area contributed by atoms with Gasteiger partial charge in [-0.3, -0.25) is 0 Å². The molecule has 2 aromatic carbocycles. The average Bonchev–Trinajstić information content (AvgIpc) is 2.44. The molecule has 0 heterocycles. The van der Waals surface area contributed by atoms with Crippen molar-refractivity contribution in [3.8, 4) is 5.75 Å². The second kappa shape index (κ2) is 6.54. The molecular weight excluding hydrogens is 342 g/mol. The zero-order chi connectivity index (χ0) is 15.6. The fraction of sp³-hybridized carbons (Fsp3) is 0.250. The minimum Gasteiger partial charge on any atom is -0.491 e. The van der Waals surface area contributed by atoms with Gasteiger partial charge in [-0.05, 0) is 53.5 Å². The van der Waals surface area contributed by atoms with Gasteiger partial charge in [0.25, 0.3) is 0 Å². The van der Waals surface area contributed by atoms with Crippen molar-refractivity contribution in [2.75, 3.05) is 0 Å². The summed E-state index contributed by atoms with van der Waals surface area (Å²) in [5, 5.41) is 10.4. The minimum atomic E-state index is -1.08. The zero-order valence-corrected chi connectivity index (χ0v) is 13.2. The van der Waals surface area contributed by atoms with Gasteiger partial charge in [0.2, 0.25) is 0 Å². The minimum absolute atomic E-state index is 0.00685. The quantitative estimate of drug-likeness (QED) is 0.811. The van der Waals surface area contributed by atoms with Crippen molar-refractivity contribution in [1.29, 1.82) is 0 Å². The number of hydrogen-bond donors (Lipinski definition) is 1. The highest BCUT2D eigenvalue weighted by molar-refractivity contribution is 9.10. The van der Waals surface area contributed by atoms with E-state index in [4.69, 9.17) is 4.74 Å². The summed E-state index contributed by atoms with van der Waals surface area (Å²) in [6.45, 7) is 3.80. The Hall–Kier alpha value is -1.46. The summed E-state index contributed by atoms with van der Waals surface area (Å²) in [4.78, 5) is 0. The first kappa shape index (κ1) is 15.9. The molecule has 0 bridgehead atoms. The second-order valence-electron chi connectivity index (χ2n) is 4.91. The summed E-state index contributed by atoms with van der Waals surface area (Å²) >= 11 is 2.98. The lowest BCUT2D eigenvalue weighted by atomic mass is 10.0. The Morgan fingerprint density at radius 2 is 1.86 bits per heavy atom. The molecule has 2 nitrogen and oxygen atoms in total. The Labute approximate surface area is 130 Å². The van der Waals surface area contributed by atoms with Gasteiger partial charge in [-0.2, -0.15) is 0 Å². The van der Waals surface area contributed by atoms with Gasteiger partial charge in [0.05, 0.1) is 10.6 Å². The number of rotatable bonds is 4. The van der Waals surface area contributed by atoms with Gasteiger partial charge in [0.15, 0.2) is 11.6 Å². The van der Waals surface area contributed by atoms with Crippen LogP contribution in [-0.2, 0) is 0 Å². The smallest absolute Gasteiger partial charge is 0.173 e. The molecule has 5 heteroatoms. The van der Waals surface area contributed by atoms with E-state index in [1.165, 1.54) is 6.07 Å². The van der Waals surface area contributed by atoms with Gasteiger partial charge in [-0.15, -0.1) is 0 Å². The van der Waals surface area contributed by atoms with Crippen molar-refractivity contribution in [2.45, 2.75) is 26.1 Å². The summed E-state index contributed by atoms with van der Waals surface area (Å²) < 4.78 is 32.2. The zero-order valence-electron chi connectivity index (χ0n) is 11.6. The van der Waals surface area contributed by atoms with Crippen LogP contribution in [-0.4, -0.2) is 11.2 Å². The highest BCUT2D eigenvalue weighted by Crippen LogP contribution is 2.32. The van der Waals surface area contributed by atoms with Crippen molar-refractivity contribution < 1.29 is 18.6 Å². The van der Waals surface area contributed by atoms with Crippen molar-refractivity contribution in [3.05, 3.63) is 63.6 Å². The van der Waals surface area contributed by atoms with E-state index in [0.29, 0.717) is 11.3 Å². The van der Waals surface area contributed by atoms with Crippen LogP contribution in [0.4, 0.5) is 8.78 Å². The van der Waals surface area contributed by atoms with Crippen LogP contribution in [0.3, 0.4) is 0 Å². The van der Waals surface area contributed by atoms with E-state index in [-0.39, 0.29) is 16.1 Å². The van der Waals surface area contributed by atoms with E-state index in [9.17, 15) is 13.9 Å². The number of ether oxygens (including phenoxy) is 1. The standard InChI is InChI=1S/C16H15BrF2O2/c1-9(2)21-11-5-3-4-10(8-11)16(20)12-6-7-13(18)15(19)14(12)17/h3-9,16,20H,1-2H3. The molecule has 1 atom stereocenters. The highest BCUT2D eigenvalue weighted by atomic mass is 79.9. The van der Waals surface area contributed by atoms with E-state index >= 15 is 0 Å². The summed E-state index contributed by atoms with van der Waals surface area (Å²) in [5.41, 5.74) is 0.801. The lowest BCUT2D eigenvalue weighted by Gasteiger charge is -2.16. The van der Waals surface area contributed by atoms with Crippen molar-refractivity contribution >= 4 is 15.9 Å². The third kappa shape index (κ3) is 3.60. The predicted molar refractivity (Wildman–Crippen MR) is 80.3 cm³/mol. The van der Waals surface area contributed by atoms with E-state index < -0.39 is 17.7 Å². The maximum atomic E-state index is 13.6. The molecule has 0 aliphatic rings. The SMILES string of the molecule is CC(C)Oc1cccc(C(O)c2ccc(F)c(F)c2Br)c1. The van der Waals surface area contributed by atoms with Crippen LogP contribution < -0.4 is 4.74 Å². The highest BCUT2D eigenvalue weighted by Gasteiger charge is 2.19. The number of benzene rings is 2. The van der Waals surface area contributed by atoms with Gasteiger partial charge in [-0.25, -0.2) is 8.78 Å². The number of hydrogen-bond acceptors (Lipinski definition) is 2. The molecule has 0 aliphatic heterocycles. The molecule has 21 heavy (non-hydrogen) atoms. The largest absolute Gasteiger partial charge is 0.491 e. The van der Waals surface area contributed by atoms with Crippen LogP contribution in [0.1, 0.15) is 31.1 Å². The van der Waals surface area contributed by atoms with E-state index in [1.54, 1.807) is 24.3 Å². The lowest BCUT2D eigenvalue weighted by Crippen LogP contribution is -2.07. The van der Waals surface area contributed by atoms with Crippen LogP contribution in [0.2, 0.25) is 0 Å². The fourth-order valence-electron chi connectivity index (χ4n) is 1.96. The fourth-order valence-corrected chi connectivity index (χ4v) is 2.50. The summed E-state index contributed by atoms with van der Waals surface area (Å²) in [6.07, 6.45) is -1.07. The van der Waals surface area contributed by atoms with Gasteiger partial charge in [0.1, 0.15) is 11.9 Å². The van der Waals surface area contributed by atoms with Gasteiger partial charge in [0, 0.05) is 5.56 Å². The molecule has 0 aromatic heterocycles. The van der Waals surface area contributed by atoms with Crippen molar-refractivity contribution in [2.24, 2.45) is 0 Å². The van der Waals surface area contributed by atoms with Gasteiger partial charge in [-0.1, -0.05) is 18.2 Å². The summed E-state index contributed by atoms with van der Waals surface area (Å²) in [7, 11) is 0. The summed E-state index contributed by atoms with van der Waals surface area (Å²) in [6, 6.07) is 9.24. The first-order valence-electron chi connectivity index (χ1n) is 6.48. The molecule has 1 N–H and O–H groups in total. The van der Waals surface area contributed by atoms with Gasteiger partial charge < -0.3 is 9.84 Å². The monoisotopic (exact) mass is 356 g/mol. The molecule has 0 fully saturated rings. The molecule has 2 aromatic rings. The third-order valence-electron chi connectivity index (χ3n) is 2.91. The van der Waals surface area contributed by atoms with E-state index in [1.807, 2.05) is 13.8 Å². The second-order valence-corrected chi connectivity index (χ2v) is 5.70.